The van der Waals surface area contributed by atoms with Crippen molar-refractivity contribution in [2.45, 2.75) is 26.4 Å². The van der Waals surface area contributed by atoms with E-state index in [1.807, 2.05) is 31.2 Å². The van der Waals surface area contributed by atoms with Crippen LogP contribution in [0.25, 0.3) is 0 Å². The number of hydrogen-bond donors (Lipinski definition) is 1. The predicted octanol–water partition coefficient (Wildman–Crippen LogP) is 2.60. The topological polar surface area (TPSA) is 56.8 Å². The van der Waals surface area contributed by atoms with Crippen molar-refractivity contribution in [2.75, 3.05) is 20.3 Å². The Balaban J connectivity index is 2.30. The van der Waals surface area contributed by atoms with E-state index in [2.05, 4.69) is 17.0 Å². The van der Waals surface area contributed by atoms with Gasteiger partial charge in [0.1, 0.15) is 18.1 Å². The molecule has 0 aliphatic rings. The van der Waals surface area contributed by atoms with Gasteiger partial charge in [0.05, 0.1) is 19.8 Å². The number of carbonyl (C=O) groups excluding carboxylic acids is 1. The number of amides is 1. The van der Waals surface area contributed by atoms with Crippen molar-refractivity contribution in [1.29, 1.82) is 0 Å². The van der Waals surface area contributed by atoms with Crippen LogP contribution in [0.4, 0.5) is 4.79 Å². The number of rotatable bonds is 7. The number of carbonyl (C=O) groups is 1. The molecule has 1 unspecified atom stereocenters. The fourth-order valence-electron chi connectivity index (χ4n) is 1.32. The van der Waals surface area contributed by atoms with Crippen LogP contribution in [0.2, 0.25) is 0 Å². The zero-order valence-electron chi connectivity index (χ0n) is 11.6. The van der Waals surface area contributed by atoms with Crippen LogP contribution >= 0.6 is 0 Å². The Labute approximate surface area is 113 Å². The van der Waals surface area contributed by atoms with E-state index >= 15 is 0 Å². The van der Waals surface area contributed by atoms with Crippen molar-refractivity contribution in [3.05, 3.63) is 24.3 Å². The largest absolute Gasteiger partial charge is 0.492 e. The lowest BCUT2D eigenvalue weighted by atomic mass is 10.3. The molecule has 1 aromatic rings. The third kappa shape index (κ3) is 5.99. The van der Waals surface area contributed by atoms with Gasteiger partial charge in [-0.3, -0.25) is 0 Å². The van der Waals surface area contributed by atoms with Crippen molar-refractivity contribution in [1.82, 2.24) is 5.32 Å². The average Bonchev–Trinajstić information content (AvgIpc) is 2.44. The maximum absolute atomic E-state index is 10.8. The molecule has 0 aromatic heterocycles. The van der Waals surface area contributed by atoms with Gasteiger partial charge in [-0.05, 0) is 37.6 Å². The summed E-state index contributed by atoms with van der Waals surface area (Å²) in [6.07, 6.45) is 0.717. The minimum absolute atomic E-state index is 0.205. The number of ether oxygens (including phenoxy) is 3. The molecule has 0 spiro atoms. The van der Waals surface area contributed by atoms with Crippen molar-refractivity contribution >= 4 is 6.09 Å². The molecular formula is C14H21NO4. The molecule has 5 heteroatoms. The molecule has 106 valence electrons. The van der Waals surface area contributed by atoms with Crippen LogP contribution < -0.4 is 14.8 Å². The molecule has 19 heavy (non-hydrogen) atoms. The maximum Gasteiger partial charge on any atom is 0.406 e. The van der Waals surface area contributed by atoms with Crippen LogP contribution in [0.5, 0.6) is 11.5 Å². The van der Waals surface area contributed by atoms with Crippen LogP contribution in [0.15, 0.2) is 24.3 Å². The first-order valence-electron chi connectivity index (χ1n) is 6.37. The van der Waals surface area contributed by atoms with Crippen LogP contribution in [0, 0.1) is 0 Å². The molecule has 1 atom stereocenters. The zero-order valence-corrected chi connectivity index (χ0v) is 11.6. The summed E-state index contributed by atoms with van der Waals surface area (Å²) in [6.45, 7) is 4.90. The first-order chi connectivity index (χ1) is 9.15. The van der Waals surface area contributed by atoms with Gasteiger partial charge in [-0.2, -0.15) is 0 Å². The lowest BCUT2D eigenvalue weighted by Gasteiger charge is -2.13. The molecule has 1 amide bonds. The Morgan fingerprint density at radius 3 is 2.47 bits per heavy atom. The highest BCUT2D eigenvalue weighted by atomic mass is 16.5. The summed E-state index contributed by atoms with van der Waals surface area (Å²) in [4.78, 5) is 10.8. The Kier molecular flexibility index (Phi) is 6.57. The van der Waals surface area contributed by atoms with Crippen molar-refractivity contribution in [3.8, 4) is 11.5 Å². The molecule has 0 aliphatic carbocycles. The summed E-state index contributed by atoms with van der Waals surface area (Å²) >= 11 is 0. The average molecular weight is 267 g/mol. The molecule has 0 heterocycles. The highest BCUT2D eigenvalue weighted by Gasteiger charge is 2.02. The van der Waals surface area contributed by atoms with Gasteiger partial charge in [0.25, 0.3) is 0 Å². The molecule has 1 N–H and O–H groups in total. The summed E-state index contributed by atoms with van der Waals surface area (Å²) in [7, 11) is 1.33. The Morgan fingerprint density at radius 1 is 1.26 bits per heavy atom. The van der Waals surface area contributed by atoms with E-state index < -0.39 is 6.09 Å². The summed E-state index contributed by atoms with van der Waals surface area (Å²) in [5, 5.41) is 2.54. The Morgan fingerprint density at radius 2 is 1.89 bits per heavy atom. The molecule has 0 saturated heterocycles. The summed E-state index contributed by atoms with van der Waals surface area (Å²) < 4.78 is 15.6. The van der Waals surface area contributed by atoms with E-state index in [0.717, 1.165) is 17.9 Å². The first kappa shape index (κ1) is 15.1. The molecule has 0 aliphatic heterocycles. The summed E-state index contributed by atoms with van der Waals surface area (Å²) in [5.74, 6) is 1.57. The highest BCUT2D eigenvalue weighted by Crippen LogP contribution is 2.19. The van der Waals surface area contributed by atoms with Crippen LogP contribution in [0.3, 0.4) is 0 Å². The third-order valence-electron chi connectivity index (χ3n) is 2.56. The van der Waals surface area contributed by atoms with Crippen molar-refractivity contribution in [2.24, 2.45) is 0 Å². The van der Waals surface area contributed by atoms with E-state index in [0.29, 0.717) is 13.2 Å². The van der Waals surface area contributed by atoms with Gasteiger partial charge >= 0.3 is 6.09 Å². The molecule has 5 nitrogen and oxygen atoms in total. The van der Waals surface area contributed by atoms with Gasteiger partial charge in [0.15, 0.2) is 0 Å². The van der Waals surface area contributed by atoms with Crippen molar-refractivity contribution < 1.29 is 19.0 Å². The van der Waals surface area contributed by atoms with Crippen LogP contribution in [-0.4, -0.2) is 32.5 Å². The fraction of sp³-hybridized carbons (Fsp3) is 0.500. The molecule has 1 rings (SSSR count). The van der Waals surface area contributed by atoms with Gasteiger partial charge in [0.2, 0.25) is 0 Å². The molecule has 0 radical (unpaired) electrons. The second kappa shape index (κ2) is 8.24. The van der Waals surface area contributed by atoms with E-state index in [-0.39, 0.29) is 6.10 Å². The molecule has 0 bridgehead atoms. The van der Waals surface area contributed by atoms with Crippen molar-refractivity contribution in [3.63, 3.8) is 0 Å². The van der Waals surface area contributed by atoms with E-state index in [1.54, 1.807) is 0 Å². The Hall–Kier alpha value is -1.91. The standard InChI is InChI=1S/C14H21NO4/c1-4-11(2)19-13-7-5-12(6-8-13)18-10-9-15-14(16)17-3/h5-8,11H,4,9-10H2,1-3H3,(H,15,16). The summed E-state index contributed by atoms with van der Waals surface area (Å²) in [5.41, 5.74) is 0. The quantitative estimate of drug-likeness (QED) is 0.771. The normalized spacial score (nSPS) is 11.5. The SMILES string of the molecule is CCC(C)Oc1ccc(OCCNC(=O)OC)cc1. The second-order valence-electron chi connectivity index (χ2n) is 4.07. The minimum atomic E-state index is -0.457. The smallest absolute Gasteiger partial charge is 0.406 e. The number of alkyl carbamates (subject to hydrolysis) is 1. The lowest BCUT2D eigenvalue weighted by Crippen LogP contribution is -2.27. The molecular weight excluding hydrogens is 246 g/mol. The molecule has 1 aromatic carbocycles. The van der Waals surface area contributed by atoms with Gasteiger partial charge in [-0.15, -0.1) is 0 Å². The van der Waals surface area contributed by atoms with Gasteiger partial charge < -0.3 is 19.5 Å². The highest BCUT2D eigenvalue weighted by molar-refractivity contribution is 5.66. The van der Waals surface area contributed by atoms with E-state index in [4.69, 9.17) is 9.47 Å². The maximum atomic E-state index is 10.8. The lowest BCUT2D eigenvalue weighted by molar-refractivity contribution is 0.168. The fourth-order valence-corrected chi connectivity index (χ4v) is 1.32. The number of benzene rings is 1. The predicted molar refractivity (Wildman–Crippen MR) is 72.7 cm³/mol. The van der Waals surface area contributed by atoms with E-state index in [1.165, 1.54) is 7.11 Å². The van der Waals surface area contributed by atoms with Crippen LogP contribution in [0.1, 0.15) is 20.3 Å². The number of nitrogens with one attached hydrogen (secondary N) is 1. The summed E-state index contributed by atoms with van der Waals surface area (Å²) in [6, 6.07) is 7.43. The van der Waals surface area contributed by atoms with E-state index in [9.17, 15) is 4.79 Å². The molecule has 0 saturated carbocycles. The first-order valence-corrected chi connectivity index (χ1v) is 6.37. The minimum Gasteiger partial charge on any atom is -0.492 e. The number of methoxy groups -OCH3 is 1. The zero-order chi connectivity index (χ0) is 14.1. The van der Waals surface area contributed by atoms with Gasteiger partial charge in [0, 0.05) is 0 Å². The van der Waals surface area contributed by atoms with Gasteiger partial charge in [-0.25, -0.2) is 4.79 Å². The number of hydrogen-bond acceptors (Lipinski definition) is 4. The molecule has 0 fully saturated rings. The Bertz CT molecular complexity index is 378. The second-order valence-corrected chi connectivity index (χ2v) is 4.07. The van der Waals surface area contributed by atoms with Gasteiger partial charge in [-0.1, -0.05) is 6.92 Å². The third-order valence-corrected chi connectivity index (χ3v) is 2.56. The monoisotopic (exact) mass is 267 g/mol. The van der Waals surface area contributed by atoms with Crippen LogP contribution in [-0.2, 0) is 4.74 Å².